The van der Waals surface area contributed by atoms with E-state index >= 15 is 0 Å². The summed E-state index contributed by atoms with van der Waals surface area (Å²) in [4.78, 5) is 38.2. The lowest BCUT2D eigenvalue weighted by Gasteiger charge is -2.27. The zero-order valence-electron chi connectivity index (χ0n) is 16.6. The minimum atomic E-state index is -0.827. The highest BCUT2D eigenvalue weighted by atomic mass is 32.1. The van der Waals surface area contributed by atoms with Gasteiger partial charge in [-0.3, -0.25) is 19.7 Å². The average molecular weight is 430 g/mol. The van der Waals surface area contributed by atoms with Crippen LogP contribution in [0.1, 0.15) is 41.5 Å². The normalized spacial score (nSPS) is 16.6. The van der Waals surface area contributed by atoms with Crippen molar-refractivity contribution in [1.82, 2.24) is 4.90 Å². The van der Waals surface area contributed by atoms with E-state index in [4.69, 9.17) is 4.74 Å². The Labute approximate surface area is 177 Å². The molecule has 0 aliphatic carbocycles. The summed E-state index contributed by atoms with van der Waals surface area (Å²) in [5, 5.41) is 23.3. The maximum Gasteiger partial charge on any atom is 0.290 e. The smallest absolute Gasteiger partial charge is 0.290 e. The Morgan fingerprint density at radius 1 is 1.30 bits per heavy atom. The second-order valence-electron chi connectivity index (χ2n) is 7.09. The Bertz CT molecular complexity index is 966. The van der Waals surface area contributed by atoms with Crippen LogP contribution in [0.15, 0.2) is 53.1 Å². The molecular formula is C21H22N2O6S. The number of aliphatic hydroxyl groups excluding tert-OH is 1. The summed E-state index contributed by atoms with van der Waals surface area (Å²) in [6.45, 7) is 4.50. The first kappa shape index (κ1) is 21.7. The molecule has 1 aliphatic rings. The van der Waals surface area contributed by atoms with Gasteiger partial charge in [-0.05, 0) is 49.4 Å². The molecule has 0 unspecified atom stereocenters. The molecule has 30 heavy (non-hydrogen) atoms. The number of carbonyl (C=O) groups excluding carboxylic acids is 2. The number of nitro groups is 1. The molecule has 1 amide bonds. The molecule has 2 heterocycles. The van der Waals surface area contributed by atoms with E-state index in [-0.39, 0.29) is 23.9 Å². The zero-order valence-corrected chi connectivity index (χ0v) is 17.4. The van der Waals surface area contributed by atoms with Gasteiger partial charge in [0.1, 0.15) is 0 Å². The number of hydrogen-bond donors (Lipinski definition) is 1. The lowest BCUT2D eigenvalue weighted by atomic mass is 9.95. The SMILES string of the molecule is CC(C)OCCCN1C(=O)C(O)=C(C(=O)c2cccs2)[C@@H]1c1ccc([N+](=O)[O-])cc1. The van der Waals surface area contributed by atoms with Gasteiger partial charge in [0.2, 0.25) is 5.78 Å². The number of nitrogens with zero attached hydrogens (tertiary/aromatic N) is 2. The second-order valence-corrected chi connectivity index (χ2v) is 8.04. The molecule has 0 saturated heterocycles. The van der Waals surface area contributed by atoms with Crippen molar-refractivity contribution in [1.29, 1.82) is 0 Å². The lowest BCUT2D eigenvalue weighted by molar-refractivity contribution is -0.384. The van der Waals surface area contributed by atoms with Crippen molar-refractivity contribution in [3.05, 3.63) is 73.7 Å². The molecule has 1 atom stereocenters. The highest BCUT2D eigenvalue weighted by molar-refractivity contribution is 7.12. The van der Waals surface area contributed by atoms with Gasteiger partial charge in [0.05, 0.1) is 27.5 Å². The minimum Gasteiger partial charge on any atom is -0.503 e. The van der Waals surface area contributed by atoms with Gasteiger partial charge in [0.15, 0.2) is 5.76 Å². The fourth-order valence-corrected chi connectivity index (χ4v) is 4.01. The molecular weight excluding hydrogens is 408 g/mol. The fourth-order valence-electron chi connectivity index (χ4n) is 3.34. The number of Topliss-reactive ketones (excluding diaryl/α,β-unsaturated/α-hetero) is 1. The van der Waals surface area contributed by atoms with E-state index in [0.717, 1.165) is 0 Å². The number of hydrogen-bond acceptors (Lipinski definition) is 7. The summed E-state index contributed by atoms with van der Waals surface area (Å²) in [5.74, 6) is -1.65. The van der Waals surface area contributed by atoms with Crippen LogP contribution in [0, 0.1) is 10.1 Å². The zero-order chi connectivity index (χ0) is 21.8. The van der Waals surface area contributed by atoms with Crippen molar-refractivity contribution in [2.45, 2.75) is 32.4 Å². The van der Waals surface area contributed by atoms with Crippen molar-refractivity contribution < 1.29 is 24.4 Å². The van der Waals surface area contributed by atoms with Crippen LogP contribution in [-0.4, -0.2) is 45.9 Å². The third kappa shape index (κ3) is 4.42. The molecule has 2 aromatic rings. The maximum absolute atomic E-state index is 13.1. The Kier molecular flexibility index (Phi) is 6.63. The van der Waals surface area contributed by atoms with E-state index in [1.807, 2.05) is 13.8 Å². The highest BCUT2D eigenvalue weighted by Crippen LogP contribution is 2.40. The number of thiophene rings is 1. The fraction of sp³-hybridized carbons (Fsp3) is 0.333. The van der Waals surface area contributed by atoms with E-state index in [2.05, 4.69) is 0 Å². The van der Waals surface area contributed by atoms with Gasteiger partial charge in [-0.1, -0.05) is 6.07 Å². The second kappa shape index (κ2) is 9.19. The summed E-state index contributed by atoms with van der Waals surface area (Å²) < 4.78 is 5.53. The van der Waals surface area contributed by atoms with Crippen LogP contribution in [0.25, 0.3) is 0 Å². The largest absolute Gasteiger partial charge is 0.503 e. The van der Waals surface area contributed by atoms with Gasteiger partial charge in [-0.2, -0.15) is 0 Å². The van der Waals surface area contributed by atoms with Gasteiger partial charge >= 0.3 is 0 Å². The molecule has 0 radical (unpaired) electrons. The van der Waals surface area contributed by atoms with Crippen molar-refractivity contribution in [2.24, 2.45) is 0 Å². The predicted octanol–water partition coefficient (Wildman–Crippen LogP) is 4.05. The number of ether oxygens (including phenoxy) is 1. The number of nitro benzene ring substituents is 1. The number of rotatable bonds is 9. The average Bonchev–Trinajstić information content (AvgIpc) is 3.33. The quantitative estimate of drug-likeness (QED) is 0.278. The van der Waals surface area contributed by atoms with Crippen LogP contribution in [0.3, 0.4) is 0 Å². The first-order valence-corrected chi connectivity index (χ1v) is 10.4. The predicted molar refractivity (Wildman–Crippen MR) is 112 cm³/mol. The molecule has 158 valence electrons. The molecule has 0 fully saturated rings. The molecule has 1 N–H and O–H groups in total. The maximum atomic E-state index is 13.1. The van der Waals surface area contributed by atoms with E-state index in [9.17, 15) is 24.8 Å². The van der Waals surface area contributed by atoms with Crippen LogP contribution in [0.2, 0.25) is 0 Å². The van der Waals surface area contributed by atoms with Crippen molar-refractivity contribution in [3.63, 3.8) is 0 Å². The number of benzene rings is 1. The van der Waals surface area contributed by atoms with E-state index in [0.29, 0.717) is 23.5 Å². The molecule has 0 saturated carbocycles. The molecule has 0 bridgehead atoms. The van der Waals surface area contributed by atoms with Crippen molar-refractivity contribution in [2.75, 3.05) is 13.2 Å². The summed E-state index contributed by atoms with van der Waals surface area (Å²) >= 11 is 1.22. The standard InChI is InChI=1S/C21H22N2O6S/c1-13(2)29-11-4-10-22-18(14-6-8-15(9-7-14)23(27)28)17(20(25)21(22)26)19(24)16-5-3-12-30-16/h3,5-9,12-13,18,25H,4,10-11H2,1-2H3/t18-/m0/s1. The van der Waals surface area contributed by atoms with Gasteiger partial charge < -0.3 is 14.7 Å². The van der Waals surface area contributed by atoms with Gasteiger partial charge in [-0.15, -0.1) is 11.3 Å². The third-order valence-electron chi connectivity index (χ3n) is 4.71. The van der Waals surface area contributed by atoms with Crippen LogP contribution >= 0.6 is 11.3 Å². The first-order valence-electron chi connectivity index (χ1n) is 9.49. The van der Waals surface area contributed by atoms with Crippen molar-refractivity contribution >= 4 is 28.7 Å². The number of ketones is 1. The topological polar surface area (TPSA) is 110 Å². The molecule has 9 heteroatoms. The number of non-ortho nitro benzene ring substituents is 1. The van der Waals surface area contributed by atoms with Gasteiger partial charge in [0, 0.05) is 25.3 Å². The monoisotopic (exact) mass is 430 g/mol. The van der Waals surface area contributed by atoms with Gasteiger partial charge in [-0.25, -0.2) is 0 Å². The highest BCUT2D eigenvalue weighted by Gasteiger charge is 2.43. The molecule has 1 aromatic heterocycles. The summed E-state index contributed by atoms with van der Waals surface area (Å²) in [6.07, 6.45) is 0.563. The Morgan fingerprint density at radius 3 is 2.57 bits per heavy atom. The third-order valence-corrected chi connectivity index (χ3v) is 5.58. The van der Waals surface area contributed by atoms with Crippen LogP contribution in [0.4, 0.5) is 5.69 Å². The van der Waals surface area contributed by atoms with E-state index in [1.54, 1.807) is 17.5 Å². The van der Waals surface area contributed by atoms with Crippen LogP contribution < -0.4 is 0 Å². The van der Waals surface area contributed by atoms with Crippen LogP contribution in [0.5, 0.6) is 0 Å². The summed E-state index contributed by atoms with van der Waals surface area (Å²) in [5.41, 5.74) is 0.406. The van der Waals surface area contributed by atoms with E-state index < -0.39 is 28.4 Å². The Hall–Kier alpha value is -3.04. The van der Waals surface area contributed by atoms with Crippen LogP contribution in [-0.2, 0) is 9.53 Å². The number of amides is 1. The molecule has 3 rings (SSSR count). The molecule has 1 aromatic carbocycles. The molecule has 1 aliphatic heterocycles. The van der Waals surface area contributed by atoms with Crippen molar-refractivity contribution in [3.8, 4) is 0 Å². The van der Waals surface area contributed by atoms with E-state index in [1.165, 1.54) is 40.5 Å². The number of carbonyl (C=O) groups is 2. The Balaban J connectivity index is 1.95. The lowest BCUT2D eigenvalue weighted by Crippen LogP contribution is -2.32. The molecule has 8 nitrogen and oxygen atoms in total. The Morgan fingerprint density at radius 2 is 2.00 bits per heavy atom. The summed E-state index contributed by atoms with van der Waals surface area (Å²) in [7, 11) is 0. The first-order chi connectivity index (χ1) is 14.3. The number of aliphatic hydroxyl groups is 1. The van der Waals surface area contributed by atoms with Gasteiger partial charge in [0.25, 0.3) is 11.6 Å². The molecule has 0 spiro atoms. The minimum absolute atomic E-state index is 0.0129. The summed E-state index contributed by atoms with van der Waals surface area (Å²) in [6, 6.07) is 8.18.